The van der Waals surface area contributed by atoms with Gasteiger partial charge in [0.05, 0.1) is 10.9 Å². The molecular weight excluding hydrogens is 375 g/mol. The zero-order chi connectivity index (χ0) is 19.3. The van der Waals surface area contributed by atoms with Crippen LogP contribution in [0.25, 0.3) is 6.08 Å². The van der Waals surface area contributed by atoms with Gasteiger partial charge in [-0.05, 0) is 55.8 Å². The molecule has 2 aromatic rings. The van der Waals surface area contributed by atoms with Crippen molar-refractivity contribution >= 4 is 39.0 Å². The first-order valence-corrected chi connectivity index (χ1v) is 9.63. The number of rotatable bonds is 6. The molecule has 1 unspecified atom stereocenters. The summed E-state index contributed by atoms with van der Waals surface area (Å²) in [6.45, 7) is 3.42. The standard InChI is InChI=1S/C18H19FN2O3S2/c1-13(21(22)14(2)25)3-4-15-5-9-17(10-6-15)20-26(23,24)18-11-7-16(19)8-12-18/h3-13,20,22H,1-2H3/b4-3+. The van der Waals surface area contributed by atoms with Crippen LogP contribution < -0.4 is 4.72 Å². The van der Waals surface area contributed by atoms with Crippen molar-refractivity contribution in [1.82, 2.24) is 5.06 Å². The highest BCUT2D eigenvalue weighted by Crippen LogP contribution is 2.18. The Balaban J connectivity index is 2.07. The van der Waals surface area contributed by atoms with E-state index in [1.807, 2.05) is 0 Å². The van der Waals surface area contributed by atoms with Crippen molar-refractivity contribution in [2.45, 2.75) is 24.8 Å². The molecule has 0 aliphatic heterocycles. The normalized spacial score (nSPS) is 12.8. The number of benzene rings is 2. The molecule has 0 bridgehead atoms. The Hall–Kier alpha value is -2.29. The molecule has 0 spiro atoms. The van der Waals surface area contributed by atoms with E-state index in [1.54, 1.807) is 50.3 Å². The third kappa shape index (κ3) is 5.35. The lowest BCUT2D eigenvalue weighted by Crippen LogP contribution is -2.31. The molecule has 0 saturated heterocycles. The predicted octanol–water partition coefficient (Wildman–Crippen LogP) is 4.07. The van der Waals surface area contributed by atoms with Crippen LogP contribution in [-0.2, 0) is 10.0 Å². The Morgan fingerprint density at radius 2 is 1.77 bits per heavy atom. The van der Waals surface area contributed by atoms with E-state index in [9.17, 15) is 18.0 Å². The van der Waals surface area contributed by atoms with E-state index in [1.165, 1.54) is 12.1 Å². The molecule has 0 saturated carbocycles. The van der Waals surface area contributed by atoms with Crippen LogP contribution in [0.3, 0.4) is 0 Å². The van der Waals surface area contributed by atoms with Crippen molar-refractivity contribution in [3.05, 3.63) is 66.0 Å². The van der Waals surface area contributed by atoms with Gasteiger partial charge in [0.1, 0.15) is 10.8 Å². The summed E-state index contributed by atoms with van der Waals surface area (Å²) in [7, 11) is -3.78. The molecule has 5 nitrogen and oxygen atoms in total. The highest BCUT2D eigenvalue weighted by atomic mass is 32.2. The summed E-state index contributed by atoms with van der Waals surface area (Å²) in [5.41, 5.74) is 1.22. The maximum atomic E-state index is 12.9. The fourth-order valence-electron chi connectivity index (χ4n) is 2.11. The second kappa shape index (κ2) is 8.39. The van der Waals surface area contributed by atoms with Gasteiger partial charge in [0.2, 0.25) is 0 Å². The average molecular weight is 394 g/mol. The molecule has 0 heterocycles. The average Bonchev–Trinajstić information content (AvgIpc) is 2.60. The summed E-state index contributed by atoms with van der Waals surface area (Å²) in [6, 6.07) is 11.0. The van der Waals surface area contributed by atoms with Gasteiger partial charge in [-0.3, -0.25) is 9.93 Å². The van der Waals surface area contributed by atoms with E-state index in [0.717, 1.165) is 22.8 Å². The van der Waals surface area contributed by atoms with Crippen LogP contribution in [-0.4, -0.2) is 29.7 Å². The van der Waals surface area contributed by atoms with E-state index >= 15 is 0 Å². The Labute approximate surface area is 157 Å². The summed E-state index contributed by atoms with van der Waals surface area (Å²) in [5.74, 6) is -0.500. The van der Waals surface area contributed by atoms with Gasteiger partial charge >= 0.3 is 0 Å². The molecule has 0 aromatic heterocycles. The number of hydrogen-bond acceptors (Lipinski definition) is 4. The second-order valence-corrected chi connectivity index (χ2v) is 7.92. The molecule has 0 radical (unpaired) electrons. The van der Waals surface area contributed by atoms with Gasteiger partial charge in [-0.1, -0.05) is 36.5 Å². The smallest absolute Gasteiger partial charge is 0.261 e. The molecule has 2 rings (SSSR count). The van der Waals surface area contributed by atoms with Crippen LogP contribution in [0, 0.1) is 5.82 Å². The molecule has 26 heavy (non-hydrogen) atoms. The minimum atomic E-state index is -3.78. The number of halogens is 1. The zero-order valence-corrected chi connectivity index (χ0v) is 15.9. The Kier molecular flexibility index (Phi) is 6.47. The van der Waals surface area contributed by atoms with Crippen molar-refractivity contribution in [1.29, 1.82) is 0 Å². The van der Waals surface area contributed by atoms with Crippen LogP contribution >= 0.6 is 12.2 Å². The Morgan fingerprint density at radius 3 is 2.31 bits per heavy atom. The number of anilines is 1. The van der Waals surface area contributed by atoms with E-state index in [2.05, 4.69) is 4.72 Å². The summed E-state index contributed by atoms with van der Waals surface area (Å²) in [6.07, 6.45) is 3.57. The highest BCUT2D eigenvalue weighted by molar-refractivity contribution is 7.92. The van der Waals surface area contributed by atoms with E-state index in [4.69, 9.17) is 12.2 Å². The topological polar surface area (TPSA) is 69.6 Å². The van der Waals surface area contributed by atoms with Gasteiger partial charge in [0, 0.05) is 5.69 Å². The summed E-state index contributed by atoms with van der Waals surface area (Å²) in [5, 5.41) is 10.7. The van der Waals surface area contributed by atoms with Crippen LogP contribution in [0.15, 0.2) is 59.5 Å². The van der Waals surface area contributed by atoms with Gasteiger partial charge in [-0.25, -0.2) is 17.9 Å². The summed E-state index contributed by atoms with van der Waals surface area (Å²) < 4.78 is 39.9. The molecule has 0 aliphatic rings. The van der Waals surface area contributed by atoms with Crippen molar-refractivity contribution in [3.8, 4) is 0 Å². The second-order valence-electron chi connectivity index (χ2n) is 5.64. The monoisotopic (exact) mass is 394 g/mol. The maximum absolute atomic E-state index is 12.9. The van der Waals surface area contributed by atoms with E-state index in [0.29, 0.717) is 10.7 Å². The molecule has 0 aliphatic carbocycles. The lowest BCUT2D eigenvalue weighted by Gasteiger charge is -2.19. The van der Waals surface area contributed by atoms with Crippen LogP contribution in [0.1, 0.15) is 19.4 Å². The quantitative estimate of drug-likeness (QED) is 0.571. The number of hydroxylamine groups is 2. The van der Waals surface area contributed by atoms with Crippen molar-refractivity contribution in [2.24, 2.45) is 0 Å². The molecule has 1 atom stereocenters. The molecule has 2 N–H and O–H groups in total. The highest BCUT2D eigenvalue weighted by Gasteiger charge is 2.14. The first-order chi connectivity index (χ1) is 12.2. The van der Waals surface area contributed by atoms with Gasteiger partial charge < -0.3 is 0 Å². The predicted molar refractivity (Wildman–Crippen MR) is 104 cm³/mol. The van der Waals surface area contributed by atoms with Gasteiger partial charge in [0.25, 0.3) is 10.0 Å². The van der Waals surface area contributed by atoms with Crippen LogP contribution in [0.2, 0.25) is 0 Å². The van der Waals surface area contributed by atoms with Gasteiger partial charge in [0.15, 0.2) is 0 Å². The van der Waals surface area contributed by atoms with Crippen LogP contribution in [0.5, 0.6) is 0 Å². The fraction of sp³-hybridized carbons (Fsp3) is 0.167. The number of sulfonamides is 1. The minimum Gasteiger partial charge on any atom is -0.287 e. The van der Waals surface area contributed by atoms with Crippen molar-refractivity contribution in [2.75, 3.05) is 4.72 Å². The minimum absolute atomic E-state index is 0.0183. The number of nitrogens with zero attached hydrogens (tertiary/aromatic N) is 1. The first kappa shape index (κ1) is 20.0. The number of nitrogens with one attached hydrogen (secondary N) is 1. The third-order valence-corrected chi connectivity index (χ3v) is 5.15. The Bertz CT molecular complexity index is 895. The SMILES string of the molecule is CC(=S)N(O)C(C)/C=C/c1ccc(NS(=O)(=O)c2ccc(F)cc2)cc1. The third-order valence-electron chi connectivity index (χ3n) is 3.56. The van der Waals surface area contributed by atoms with E-state index in [-0.39, 0.29) is 10.9 Å². The molecule has 138 valence electrons. The molecular formula is C18H19FN2O3S2. The molecule has 0 fully saturated rings. The van der Waals surface area contributed by atoms with Crippen molar-refractivity contribution in [3.63, 3.8) is 0 Å². The van der Waals surface area contributed by atoms with Gasteiger partial charge in [-0.2, -0.15) is 0 Å². The zero-order valence-electron chi connectivity index (χ0n) is 14.3. The largest absolute Gasteiger partial charge is 0.287 e. The summed E-state index contributed by atoms with van der Waals surface area (Å²) >= 11 is 4.90. The summed E-state index contributed by atoms with van der Waals surface area (Å²) in [4.78, 5) is 0.350. The molecule has 0 amide bonds. The number of hydrogen-bond donors (Lipinski definition) is 2. The maximum Gasteiger partial charge on any atom is 0.261 e. The Morgan fingerprint density at radius 1 is 1.19 bits per heavy atom. The van der Waals surface area contributed by atoms with Gasteiger partial charge in [-0.15, -0.1) is 0 Å². The fourth-order valence-corrected chi connectivity index (χ4v) is 3.33. The van der Waals surface area contributed by atoms with Crippen molar-refractivity contribution < 1.29 is 18.0 Å². The first-order valence-electron chi connectivity index (χ1n) is 7.74. The van der Waals surface area contributed by atoms with Crippen LogP contribution in [0.4, 0.5) is 10.1 Å². The molecule has 8 heteroatoms. The number of thiocarbonyl (C=S) groups is 1. The molecule has 2 aromatic carbocycles. The van der Waals surface area contributed by atoms with E-state index < -0.39 is 15.8 Å². The lowest BCUT2D eigenvalue weighted by atomic mass is 10.1. The lowest BCUT2D eigenvalue weighted by molar-refractivity contribution is -0.0305.